The van der Waals surface area contributed by atoms with Crippen LogP contribution in [0.5, 0.6) is 5.88 Å². The quantitative estimate of drug-likeness (QED) is 0.882. The third kappa shape index (κ3) is 4.99. The van der Waals surface area contributed by atoms with Gasteiger partial charge in [-0.15, -0.1) is 0 Å². The third-order valence-electron chi connectivity index (χ3n) is 4.46. The topological polar surface area (TPSA) is 76.6 Å². The van der Waals surface area contributed by atoms with Gasteiger partial charge < -0.3 is 19.7 Å². The van der Waals surface area contributed by atoms with E-state index in [4.69, 9.17) is 9.47 Å². The van der Waals surface area contributed by atoms with E-state index in [0.717, 1.165) is 30.4 Å². The first kappa shape index (κ1) is 19.2. The minimum Gasteiger partial charge on any atom is -0.478 e. The number of anilines is 1. The van der Waals surface area contributed by atoms with Crippen LogP contribution >= 0.6 is 0 Å². The number of methoxy groups -OCH3 is 1. The Morgan fingerprint density at radius 2 is 1.96 bits per heavy atom. The van der Waals surface area contributed by atoms with Gasteiger partial charge in [0, 0.05) is 19.6 Å². The number of ether oxygens (including phenoxy) is 2. The number of hydrogen-bond acceptors (Lipinski definition) is 6. The highest BCUT2D eigenvalue weighted by atomic mass is 16.6. The van der Waals surface area contributed by atoms with Gasteiger partial charge in [0.15, 0.2) is 5.82 Å². The predicted octanol–water partition coefficient (Wildman–Crippen LogP) is 3.70. The van der Waals surface area contributed by atoms with Crippen LogP contribution in [-0.4, -0.2) is 53.3 Å². The van der Waals surface area contributed by atoms with Crippen LogP contribution < -0.4 is 10.1 Å². The van der Waals surface area contributed by atoms with Crippen LogP contribution in [0.2, 0.25) is 0 Å². The molecule has 0 saturated carbocycles. The molecule has 1 aromatic carbocycles. The van der Waals surface area contributed by atoms with Crippen molar-refractivity contribution in [2.75, 3.05) is 32.1 Å². The zero-order chi connectivity index (χ0) is 19.4. The predicted molar refractivity (Wildman–Crippen MR) is 105 cm³/mol. The van der Waals surface area contributed by atoms with Gasteiger partial charge in [0.25, 0.3) is 5.88 Å². The number of nitrogens with one attached hydrogen (secondary N) is 1. The lowest BCUT2D eigenvalue weighted by molar-refractivity contribution is 0.0172. The molecule has 2 aromatic rings. The number of aromatic nitrogens is 2. The van der Waals surface area contributed by atoms with E-state index in [0.29, 0.717) is 30.7 Å². The number of benzene rings is 1. The standard InChI is InChI=1S/C20H28N4O3/c1-20(2,3)27-19(25)24-11-7-8-14(13-24)12-21-17-18(26-4)23-16-10-6-5-9-15(16)22-17/h5-6,9-10,14H,7-8,11-13H2,1-4H3,(H,21,22)/t14-/m0/s1. The van der Waals surface area contributed by atoms with E-state index >= 15 is 0 Å². The normalized spacial score (nSPS) is 17.6. The summed E-state index contributed by atoms with van der Waals surface area (Å²) in [6.07, 6.45) is 1.78. The van der Waals surface area contributed by atoms with Gasteiger partial charge in [-0.05, 0) is 51.7 Å². The summed E-state index contributed by atoms with van der Waals surface area (Å²) >= 11 is 0. The van der Waals surface area contributed by atoms with Crippen LogP contribution in [0.3, 0.4) is 0 Å². The van der Waals surface area contributed by atoms with Gasteiger partial charge in [-0.25, -0.2) is 14.8 Å². The molecule has 1 fully saturated rings. The molecule has 0 spiro atoms. The van der Waals surface area contributed by atoms with Crippen LogP contribution in [0.4, 0.5) is 10.6 Å². The largest absolute Gasteiger partial charge is 0.478 e. The van der Waals surface area contributed by atoms with Crippen molar-refractivity contribution in [1.29, 1.82) is 0 Å². The van der Waals surface area contributed by atoms with E-state index in [-0.39, 0.29) is 6.09 Å². The number of piperidine rings is 1. The minimum absolute atomic E-state index is 0.240. The second-order valence-corrected chi connectivity index (χ2v) is 7.89. The Morgan fingerprint density at radius 1 is 1.26 bits per heavy atom. The Morgan fingerprint density at radius 3 is 2.63 bits per heavy atom. The number of para-hydroxylation sites is 2. The van der Waals surface area contributed by atoms with Gasteiger partial charge in [0.2, 0.25) is 0 Å². The summed E-state index contributed by atoms with van der Waals surface area (Å²) in [5, 5.41) is 3.36. The molecular formula is C20H28N4O3. The van der Waals surface area contributed by atoms with Gasteiger partial charge >= 0.3 is 6.09 Å². The van der Waals surface area contributed by atoms with E-state index in [2.05, 4.69) is 15.3 Å². The first-order valence-electron chi connectivity index (χ1n) is 9.38. The van der Waals surface area contributed by atoms with Crippen LogP contribution in [0, 0.1) is 5.92 Å². The summed E-state index contributed by atoms with van der Waals surface area (Å²) in [6, 6.07) is 7.70. The van der Waals surface area contributed by atoms with Gasteiger partial charge in [-0.1, -0.05) is 12.1 Å². The average molecular weight is 372 g/mol. The van der Waals surface area contributed by atoms with E-state index in [1.54, 1.807) is 12.0 Å². The molecule has 3 rings (SSSR count). The Labute approximate surface area is 160 Å². The summed E-state index contributed by atoms with van der Waals surface area (Å²) in [5.41, 5.74) is 1.14. The molecule has 1 N–H and O–H groups in total. The monoisotopic (exact) mass is 372 g/mol. The molecule has 1 aromatic heterocycles. The Bertz CT molecular complexity index is 803. The molecule has 1 aliphatic heterocycles. The first-order chi connectivity index (χ1) is 12.9. The zero-order valence-corrected chi connectivity index (χ0v) is 16.5. The lowest BCUT2D eigenvalue weighted by Crippen LogP contribution is -2.44. The molecule has 0 aliphatic carbocycles. The Hall–Kier alpha value is -2.57. The van der Waals surface area contributed by atoms with Crippen LogP contribution in [0.1, 0.15) is 33.6 Å². The minimum atomic E-state index is -0.476. The van der Waals surface area contributed by atoms with Gasteiger partial charge in [0.1, 0.15) is 5.60 Å². The lowest BCUT2D eigenvalue weighted by Gasteiger charge is -2.34. The number of amides is 1. The molecule has 1 aliphatic rings. The lowest BCUT2D eigenvalue weighted by atomic mass is 9.98. The SMILES string of the molecule is COc1nc2ccccc2nc1NC[C@@H]1CCCN(C(=O)OC(C)(C)C)C1. The van der Waals surface area contributed by atoms with Crippen molar-refractivity contribution in [2.24, 2.45) is 5.92 Å². The molecule has 7 nitrogen and oxygen atoms in total. The van der Waals surface area contributed by atoms with Crippen LogP contribution in [-0.2, 0) is 4.74 Å². The van der Waals surface area contributed by atoms with Gasteiger partial charge in [-0.3, -0.25) is 0 Å². The van der Waals surface area contributed by atoms with E-state index < -0.39 is 5.60 Å². The molecule has 146 valence electrons. The van der Waals surface area contributed by atoms with Crippen molar-refractivity contribution in [2.45, 2.75) is 39.2 Å². The molecule has 0 radical (unpaired) electrons. The van der Waals surface area contributed by atoms with Crippen molar-refractivity contribution in [3.63, 3.8) is 0 Å². The van der Waals surface area contributed by atoms with Crippen molar-refractivity contribution >= 4 is 22.9 Å². The summed E-state index contributed by atoms with van der Waals surface area (Å²) in [4.78, 5) is 23.3. The molecule has 27 heavy (non-hydrogen) atoms. The number of carbonyl (C=O) groups excluding carboxylic acids is 1. The van der Waals surface area contributed by atoms with Crippen LogP contribution in [0.15, 0.2) is 24.3 Å². The number of carbonyl (C=O) groups is 1. The average Bonchev–Trinajstić information content (AvgIpc) is 2.64. The number of rotatable bonds is 4. The highest BCUT2D eigenvalue weighted by molar-refractivity contribution is 5.77. The number of fused-ring (bicyclic) bond motifs is 1. The number of likely N-dealkylation sites (tertiary alicyclic amines) is 1. The molecule has 2 heterocycles. The first-order valence-corrected chi connectivity index (χ1v) is 9.38. The van der Waals surface area contributed by atoms with Gasteiger partial charge in [0.05, 0.1) is 18.1 Å². The fourth-order valence-corrected chi connectivity index (χ4v) is 3.21. The summed E-state index contributed by atoms with van der Waals surface area (Å²) < 4.78 is 10.9. The molecule has 1 amide bonds. The Kier molecular flexibility index (Phi) is 5.68. The maximum Gasteiger partial charge on any atom is 0.410 e. The Balaban J connectivity index is 1.64. The summed E-state index contributed by atoms with van der Waals surface area (Å²) in [5.74, 6) is 1.43. The van der Waals surface area contributed by atoms with E-state index in [1.807, 2.05) is 45.0 Å². The zero-order valence-electron chi connectivity index (χ0n) is 16.5. The van der Waals surface area contributed by atoms with E-state index in [1.165, 1.54) is 0 Å². The van der Waals surface area contributed by atoms with Crippen molar-refractivity contribution < 1.29 is 14.3 Å². The second-order valence-electron chi connectivity index (χ2n) is 7.89. The number of hydrogen-bond donors (Lipinski definition) is 1. The molecule has 1 atom stereocenters. The molecule has 7 heteroatoms. The van der Waals surface area contributed by atoms with Crippen molar-refractivity contribution in [1.82, 2.24) is 14.9 Å². The fraction of sp³-hybridized carbons (Fsp3) is 0.550. The van der Waals surface area contributed by atoms with Crippen molar-refractivity contribution in [3.05, 3.63) is 24.3 Å². The fourth-order valence-electron chi connectivity index (χ4n) is 3.21. The molecule has 0 unspecified atom stereocenters. The third-order valence-corrected chi connectivity index (χ3v) is 4.46. The second kappa shape index (κ2) is 7.98. The smallest absolute Gasteiger partial charge is 0.410 e. The van der Waals surface area contributed by atoms with Crippen LogP contribution in [0.25, 0.3) is 11.0 Å². The molecule has 0 bridgehead atoms. The maximum absolute atomic E-state index is 12.3. The van der Waals surface area contributed by atoms with Crippen molar-refractivity contribution in [3.8, 4) is 5.88 Å². The highest BCUT2D eigenvalue weighted by Gasteiger charge is 2.27. The maximum atomic E-state index is 12.3. The summed E-state index contributed by atoms with van der Waals surface area (Å²) in [7, 11) is 1.59. The summed E-state index contributed by atoms with van der Waals surface area (Å²) in [6.45, 7) is 7.77. The number of nitrogens with zero attached hydrogens (tertiary/aromatic N) is 3. The molecule has 1 saturated heterocycles. The highest BCUT2D eigenvalue weighted by Crippen LogP contribution is 2.25. The molecular weight excluding hydrogens is 344 g/mol. The van der Waals surface area contributed by atoms with E-state index in [9.17, 15) is 4.79 Å². The van der Waals surface area contributed by atoms with Gasteiger partial charge in [-0.2, -0.15) is 0 Å².